The van der Waals surface area contributed by atoms with Gasteiger partial charge in [0.2, 0.25) is 0 Å². The molecule has 0 radical (unpaired) electrons. The molecule has 3 aromatic rings. The maximum absolute atomic E-state index is 13.0. The van der Waals surface area contributed by atoms with Crippen LogP contribution in [-0.2, 0) is 7.05 Å². The number of aromatic nitrogens is 2. The average molecular weight is 359 g/mol. The molecule has 130 valence electrons. The third kappa shape index (κ3) is 3.78. The molecule has 0 aliphatic heterocycles. The summed E-state index contributed by atoms with van der Waals surface area (Å²) in [4.78, 5) is 13.2. The Morgan fingerprint density at radius 1 is 1.36 bits per heavy atom. The van der Waals surface area contributed by atoms with E-state index in [1.165, 1.54) is 28.2 Å². The Kier molecular flexibility index (Phi) is 4.96. The van der Waals surface area contributed by atoms with Crippen molar-refractivity contribution in [2.24, 2.45) is 7.05 Å². The van der Waals surface area contributed by atoms with Gasteiger partial charge in [-0.3, -0.25) is 9.48 Å². The van der Waals surface area contributed by atoms with Gasteiger partial charge in [0.25, 0.3) is 5.91 Å². The first kappa shape index (κ1) is 17.3. The first-order valence-electron chi connectivity index (χ1n) is 7.76. The number of halogens is 1. The number of hydrogen-bond acceptors (Lipinski definition) is 4. The molecule has 0 aliphatic carbocycles. The van der Waals surface area contributed by atoms with Crippen LogP contribution in [0.25, 0.3) is 11.3 Å². The van der Waals surface area contributed by atoms with Gasteiger partial charge in [-0.1, -0.05) is 0 Å². The second kappa shape index (κ2) is 7.16. The molecule has 0 saturated carbocycles. The van der Waals surface area contributed by atoms with E-state index < -0.39 is 6.10 Å². The largest absolute Gasteiger partial charge is 0.386 e. The zero-order valence-electron chi connectivity index (χ0n) is 13.9. The van der Waals surface area contributed by atoms with Gasteiger partial charge in [0, 0.05) is 24.0 Å². The lowest BCUT2D eigenvalue weighted by molar-refractivity contribution is 0.0908. The molecule has 2 N–H and O–H groups in total. The standard InChI is InChI=1S/C18H18FN3O2S/c1-11-7-8-25-17(11)16(23)10-20-18(24)15-9-14(21-22(15)2)12-3-5-13(19)6-4-12/h3-9,16,23H,10H2,1-2H3,(H,20,24). The van der Waals surface area contributed by atoms with Gasteiger partial charge in [0.1, 0.15) is 17.6 Å². The van der Waals surface area contributed by atoms with Crippen LogP contribution in [0.1, 0.15) is 27.0 Å². The summed E-state index contributed by atoms with van der Waals surface area (Å²) in [5.41, 5.74) is 2.69. The minimum atomic E-state index is -0.742. The Balaban J connectivity index is 1.70. The number of aliphatic hydroxyl groups is 1. The number of aliphatic hydroxyl groups excluding tert-OH is 1. The van der Waals surface area contributed by atoms with Gasteiger partial charge in [0.15, 0.2) is 0 Å². The maximum Gasteiger partial charge on any atom is 0.269 e. The number of carbonyl (C=O) groups is 1. The molecule has 0 spiro atoms. The highest BCUT2D eigenvalue weighted by molar-refractivity contribution is 7.10. The topological polar surface area (TPSA) is 67.2 Å². The summed E-state index contributed by atoms with van der Waals surface area (Å²) < 4.78 is 14.5. The highest BCUT2D eigenvalue weighted by atomic mass is 32.1. The lowest BCUT2D eigenvalue weighted by atomic mass is 10.1. The summed E-state index contributed by atoms with van der Waals surface area (Å²) in [6.07, 6.45) is -0.742. The summed E-state index contributed by atoms with van der Waals surface area (Å²) in [6.45, 7) is 2.05. The van der Waals surface area contributed by atoms with Crippen LogP contribution in [0.5, 0.6) is 0 Å². The normalized spacial score (nSPS) is 12.2. The molecule has 2 heterocycles. The number of thiophene rings is 1. The Morgan fingerprint density at radius 3 is 2.72 bits per heavy atom. The van der Waals surface area contributed by atoms with Crippen molar-refractivity contribution in [3.63, 3.8) is 0 Å². The monoisotopic (exact) mass is 359 g/mol. The van der Waals surface area contributed by atoms with Crippen LogP contribution in [-0.4, -0.2) is 27.3 Å². The Labute approximate surface area is 148 Å². The summed E-state index contributed by atoms with van der Waals surface area (Å²) in [7, 11) is 1.67. The van der Waals surface area contributed by atoms with Gasteiger partial charge < -0.3 is 10.4 Å². The second-order valence-electron chi connectivity index (χ2n) is 5.74. The Hall–Kier alpha value is -2.51. The number of hydrogen-bond donors (Lipinski definition) is 2. The van der Waals surface area contributed by atoms with Crippen LogP contribution in [0, 0.1) is 12.7 Å². The number of benzene rings is 1. The first-order valence-corrected chi connectivity index (χ1v) is 8.64. The van der Waals surface area contributed by atoms with E-state index in [0.717, 1.165) is 16.0 Å². The van der Waals surface area contributed by atoms with E-state index in [9.17, 15) is 14.3 Å². The molecular formula is C18H18FN3O2S. The summed E-state index contributed by atoms with van der Waals surface area (Å²) in [5, 5.41) is 19.1. The van der Waals surface area contributed by atoms with Crippen molar-refractivity contribution in [3.8, 4) is 11.3 Å². The lowest BCUT2D eigenvalue weighted by Gasteiger charge is -2.11. The molecule has 3 rings (SSSR count). The van der Waals surface area contributed by atoms with E-state index in [1.54, 1.807) is 25.2 Å². The maximum atomic E-state index is 13.0. The minimum absolute atomic E-state index is 0.122. The first-order chi connectivity index (χ1) is 12.0. The summed E-state index contributed by atoms with van der Waals surface area (Å²) in [5.74, 6) is -0.646. The number of carbonyl (C=O) groups excluding carboxylic acids is 1. The summed E-state index contributed by atoms with van der Waals surface area (Å²) >= 11 is 1.46. The molecule has 0 saturated heterocycles. The molecule has 25 heavy (non-hydrogen) atoms. The third-order valence-electron chi connectivity index (χ3n) is 3.91. The van der Waals surface area contributed by atoms with Crippen LogP contribution in [0.3, 0.4) is 0 Å². The molecule has 0 aliphatic rings. The Bertz CT molecular complexity index is 886. The van der Waals surface area contributed by atoms with Gasteiger partial charge in [-0.05, 0) is 54.3 Å². The van der Waals surface area contributed by atoms with Crippen molar-refractivity contribution in [3.05, 3.63) is 63.7 Å². The quantitative estimate of drug-likeness (QED) is 0.736. The molecule has 0 bridgehead atoms. The van der Waals surface area contributed by atoms with Crippen LogP contribution in [0.15, 0.2) is 41.8 Å². The smallest absolute Gasteiger partial charge is 0.269 e. The van der Waals surface area contributed by atoms with E-state index in [-0.39, 0.29) is 18.3 Å². The molecule has 1 aromatic carbocycles. The molecular weight excluding hydrogens is 341 g/mol. The molecule has 2 aromatic heterocycles. The van der Waals surface area contributed by atoms with Crippen LogP contribution >= 0.6 is 11.3 Å². The summed E-state index contributed by atoms with van der Waals surface area (Å²) in [6, 6.07) is 9.50. The average Bonchev–Trinajstić information content (AvgIpc) is 3.19. The van der Waals surface area contributed by atoms with Crippen molar-refractivity contribution in [1.82, 2.24) is 15.1 Å². The molecule has 1 amide bonds. The van der Waals surface area contributed by atoms with Gasteiger partial charge in [-0.2, -0.15) is 5.10 Å². The zero-order valence-corrected chi connectivity index (χ0v) is 14.7. The minimum Gasteiger partial charge on any atom is -0.386 e. The van der Waals surface area contributed by atoms with E-state index in [4.69, 9.17) is 0 Å². The van der Waals surface area contributed by atoms with Gasteiger partial charge in [-0.15, -0.1) is 11.3 Å². The number of amides is 1. The fourth-order valence-electron chi connectivity index (χ4n) is 2.54. The highest BCUT2D eigenvalue weighted by Crippen LogP contribution is 2.23. The van der Waals surface area contributed by atoms with E-state index in [2.05, 4.69) is 10.4 Å². The van der Waals surface area contributed by atoms with Gasteiger partial charge in [-0.25, -0.2) is 4.39 Å². The molecule has 7 heteroatoms. The van der Waals surface area contributed by atoms with E-state index in [1.807, 2.05) is 18.4 Å². The number of rotatable bonds is 5. The number of nitrogens with zero attached hydrogens (tertiary/aromatic N) is 2. The van der Waals surface area contributed by atoms with Crippen molar-refractivity contribution >= 4 is 17.2 Å². The second-order valence-corrected chi connectivity index (χ2v) is 6.69. The van der Waals surface area contributed by atoms with Crippen molar-refractivity contribution in [2.45, 2.75) is 13.0 Å². The SMILES string of the molecule is Cc1ccsc1C(O)CNC(=O)c1cc(-c2ccc(F)cc2)nn1C. The van der Waals surface area contributed by atoms with Crippen molar-refractivity contribution in [1.29, 1.82) is 0 Å². The van der Waals surface area contributed by atoms with Crippen LogP contribution in [0.2, 0.25) is 0 Å². The highest BCUT2D eigenvalue weighted by Gasteiger charge is 2.17. The zero-order chi connectivity index (χ0) is 18.0. The number of nitrogens with one attached hydrogen (secondary N) is 1. The van der Waals surface area contributed by atoms with Gasteiger partial charge >= 0.3 is 0 Å². The van der Waals surface area contributed by atoms with Crippen molar-refractivity contribution in [2.75, 3.05) is 6.54 Å². The predicted octanol–water partition coefficient (Wildman–Crippen LogP) is 3.06. The molecule has 1 unspecified atom stereocenters. The predicted molar refractivity (Wildman–Crippen MR) is 95.0 cm³/mol. The van der Waals surface area contributed by atoms with Crippen LogP contribution in [0.4, 0.5) is 4.39 Å². The fourth-order valence-corrected chi connectivity index (χ4v) is 3.45. The molecule has 5 nitrogen and oxygen atoms in total. The van der Waals surface area contributed by atoms with Crippen molar-refractivity contribution < 1.29 is 14.3 Å². The lowest BCUT2D eigenvalue weighted by Crippen LogP contribution is -2.29. The van der Waals surface area contributed by atoms with Crippen LogP contribution < -0.4 is 5.32 Å². The van der Waals surface area contributed by atoms with E-state index >= 15 is 0 Å². The third-order valence-corrected chi connectivity index (χ3v) is 5.03. The van der Waals surface area contributed by atoms with E-state index in [0.29, 0.717) is 11.4 Å². The Morgan fingerprint density at radius 2 is 2.08 bits per heavy atom. The number of aryl methyl sites for hydroxylation is 2. The molecule has 1 atom stereocenters. The fraction of sp³-hybridized carbons (Fsp3) is 0.222. The van der Waals surface area contributed by atoms with Gasteiger partial charge in [0.05, 0.1) is 5.69 Å². The molecule has 0 fully saturated rings.